The van der Waals surface area contributed by atoms with Crippen molar-refractivity contribution >= 4 is 17.5 Å². The number of hydrogen-bond acceptors (Lipinski definition) is 3. The van der Waals surface area contributed by atoms with Crippen LogP contribution in [0.2, 0.25) is 5.15 Å². The summed E-state index contributed by atoms with van der Waals surface area (Å²) in [5.41, 5.74) is 0.903. The first-order chi connectivity index (χ1) is 9.60. The van der Waals surface area contributed by atoms with E-state index < -0.39 is 11.7 Å². The Balaban J connectivity index is 2.02. The highest BCUT2D eigenvalue weighted by Crippen LogP contribution is 2.14. The van der Waals surface area contributed by atoms with E-state index in [1.54, 1.807) is 19.2 Å². The maximum absolute atomic E-state index is 13.0. The van der Waals surface area contributed by atoms with Crippen LogP contribution in [0, 0.1) is 5.82 Å². The molecule has 0 radical (unpaired) electrons. The van der Waals surface area contributed by atoms with E-state index in [9.17, 15) is 9.18 Å². The maximum Gasteiger partial charge on any atom is 0.254 e. The number of nitrogens with zero attached hydrogens (tertiary/aromatic N) is 1. The highest BCUT2D eigenvalue weighted by Gasteiger charge is 2.12. The summed E-state index contributed by atoms with van der Waals surface area (Å²) in [6, 6.07) is 8.28. The Hall–Kier alpha value is -2.14. The van der Waals surface area contributed by atoms with Crippen molar-refractivity contribution < 1.29 is 13.9 Å². The van der Waals surface area contributed by atoms with E-state index in [1.165, 1.54) is 0 Å². The van der Waals surface area contributed by atoms with Gasteiger partial charge < -0.3 is 10.1 Å². The average molecular weight is 295 g/mol. The van der Waals surface area contributed by atoms with Gasteiger partial charge in [0.05, 0.1) is 18.9 Å². The summed E-state index contributed by atoms with van der Waals surface area (Å²) in [5, 5.41) is 2.62. The van der Waals surface area contributed by atoms with E-state index in [2.05, 4.69) is 10.3 Å². The molecule has 4 nitrogen and oxygen atoms in total. The fraction of sp³-hybridized carbons (Fsp3) is 0.143. The summed E-state index contributed by atoms with van der Waals surface area (Å²) in [7, 11) is 1.58. The Morgan fingerprint density at radius 2 is 2.10 bits per heavy atom. The fourth-order valence-corrected chi connectivity index (χ4v) is 1.79. The number of benzene rings is 1. The van der Waals surface area contributed by atoms with E-state index in [-0.39, 0.29) is 10.7 Å². The third kappa shape index (κ3) is 3.45. The van der Waals surface area contributed by atoms with Crippen LogP contribution in [0.15, 0.2) is 36.5 Å². The maximum atomic E-state index is 13.0. The lowest BCUT2D eigenvalue weighted by Crippen LogP contribution is -2.23. The van der Waals surface area contributed by atoms with Crippen LogP contribution in [0.3, 0.4) is 0 Å². The van der Waals surface area contributed by atoms with Crippen LogP contribution in [-0.4, -0.2) is 18.0 Å². The molecule has 1 heterocycles. The molecule has 0 saturated carbocycles. The molecular weight excluding hydrogens is 283 g/mol. The highest BCUT2D eigenvalue weighted by molar-refractivity contribution is 6.32. The van der Waals surface area contributed by atoms with Gasteiger partial charge in [-0.2, -0.15) is 0 Å². The molecule has 0 atom stereocenters. The number of rotatable bonds is 4. The summed E-state index contributed by atoms with van der Waals surface area (Å²) in [6.45, 7) is 0.301. The smallest absolute Gasteiger partial charge is 0.254 e. The number of carbonyl (C=O) groups is 1. The van der Waals surface area contributed by atoms with Crippen LogP contribution in [0.25, 0.3) is 0 Å². The van der Waals surface area contributed by atoms with E-state index in [0.29, 0.717) is 6.54 Å². The van der Waals surface area contributed by atoms with Gasteiger partial charge in [-0.3, -0.25) is 4.79 Å². The lowest BCUT2D eigenvalue weighted by atomic mass is 10.2. The minimum Gasteiger partial charge on any atom is -0.497 e. The van der Waals surface area contributed by atoms with Gasteiger partial charge in [0, 0.05) is 6.54 Å². The van der Waals surface area contributed by atoms with E-state index in [0.717, 1.165) is 23.6 Å². The summed E-state index contributed by atoms with van der Waals surface area (Å²) in [5.74, 6) is -0.348. The molecule has 0 unspecified atom stereocenters. The van der Waals surface area contributed by atoms with Crippen LogP contribution >= 0.6 is 11.6 Å². The standard InChI is InChI=1S/C14H12ClFN2O2/c1-20-11-4-2-9(3-5-11)7-18-14(19)12-6-10(16)8-17-13(12)15/h2-6,8H,7H2,1H3,(H,18,19). The first-order valence-corrected chi connectivity index (χ1v) is 6.20. The van der Waals surface area contributed by atoms with Gasteiger partial charge in [-0.1, -0.05) is 23.7 Å². The molecule has 0 aliphatic heterocycles. The van der Waals surface area contributed by atoms with Gasteiger partial charge in [-0.25, -0.2) is 9.37 Å². The molecule has 0 fully saturated rings. The number of methoxy groups -OCH3 is 1. The molecule has 2 rings (SSSR count). The molecule has 6 heteroatoms. The van der Waals surface area contributed by atoms with Crippen LogP contribution < -0.4 is 10.1 Å². The van der Waals surface area contributed by atoms with Crippen molar-refractivity contribution in [2.45, 2.75) is 6.54 Å². The lowest BCUT2D eigenvalue weighted by molar-refractivity contribution is 0.0950. The number of nitrogens with one attached hydrogen (secondary N) is 1. The van der Waals surface area contributed by atoms with E-state index in [4.69, 9.17) is 16.3 Å². The number of carbonyl (C=O) groups excluding carboxylic acids is 1. The number of halogens is 2. The topological polar surface area (TPSA) is 51.2 Å². The number of amides is 1. The van der Waals surface area contributed by atoms with Crippen LogP contribution in [0.5, 0.6) is 5.75 Å². The van der Waals surface area contributed by atoms with Gasteiger partial charge in [-0.15, -0.1) is 0 Å². The second kappa shape index (κ2) is 6.34. The predicted octanol–water partition coefficient (Wildman–Crippen LogP) is 2.81. The summed E-state index contributed by atoms with van der Waals surface area (Å²) in [6.07, 6.45) is 0.961. The number of pyridine rings is 1. The van der Waals surface area contributed by atoms with Crippen LogP contribution in [0.1, 0.15) is 15.9 Å². The molecule has 20 heavy (non-hydrogen) atoms. The molecular formula is C14H12ClFN2O2. The predicted molar refractivity (Wildman–Crippen MR) is 73.4 cm³/mol. The van der Waals surface area contributed by atoms with Crippen molar-refractivity contribution in [3.63, 3.8) is 0 Å². The zero-order valence-electron chi connectivity index (χ0n) is 10.7. The third-order valence-electron chi connectivity index (χ3n) is 2.66. The summed E-state index contributed by atoms with van der Waals surface area (Å²) in [4.78, 5) is 15.5. The molecule has 0 aliphatic carbocycles. The Kier molecular flexibility index (Phi) is 4.53. The largest absolute Gasteiger partial charge is 0.497 e. The van der Waals surface area contributed by atoms with Crippen molar-refractivity contribution in [2.24, 2.45) is 0 Å². The molecule has 0 aliphatic rings. The minimum atomic E-state index is -0.607. The molecule has 1 N–H and O–H groups in total. The quantitative estimate of drug-likeness (QED) is 0.882. The molecule has 2 aromatic rings. The second-order valence-corrected chi connectivity index (χ2v) is 4.38. The van der Waals surface area contributed by atoms with E-state index >= 15 is 0 Å². The van der Waals surface area contributed by atoms with Crippen molar-refractivity contribution in [3.05, 3.63) is 58.6 Å². The SMILES string of the molecule is COc1ccc(CNC(=O)c2cc(F)cnc2Cl)cc1. The average Bonchev–Trinajstić information content (AvgIpc) is 2.47. The second-order valence-electron chi connectivity index (χ2n) is 4.02. The van der Waals surface area contributed by atoms with E-state index in [1.807, 2.05) is 12.1 Å². The molecule has 1 aromatic heterocycles. The molecule has 1 aromatic carbocycles. The molecule has 0 bridgehead atoms. The lowest BCUT2D eigenvalue weighted by Gasteiger charge is -2.07. The van der Waals surface area contributed by atoms with Gasteiger partial charge in [0.15, 0.2) is 0 Å². The van der Waals surface area contributed by atoms with Gasteiger partial charge in [0.2, 0.25) is 0 Å². The molecule has 104 valence electrons. The monoisotopic (exact) mass is 294 g/mol. The molecule has 0 spiro atoms. The zero-order chi connectivity index (χ0) is 14.5. The van der Waals surface area contributed by atoms with Crippen molar-refractivity contribution in [1.82, 2.24) is 10.3 Å². The summed E-state index contributed by atoms with van der Waals surface area (Å²) >= 11 is 5.76. The fourth-order valence-electron chi connectivity index (χ4n) is 1.60. The number of aromatic nitrogens is 1. The Labute approximate surface area is 120 Å². The van der Waals surface area contributed by atoms with Crippen molar-refractivity contribution in [1.29, 1.82) is 0 Å². The van der Waals surface area contributed by atoms with Gasteiger partial charge >= 0.3 is 0 Å². The first-order valence-electron chi connectivity index (χ1n) is 5.82. The Bertz CT molecular complexity index is 617. The Morgan fingerprint density at radius 1 is 1.40 bits per heavy atom. The van der Waals surface area contributed by atoms with Crippen molar-refractivity contribution in [2.75, 3.05) is 7.11 Å². The molecule has 0 saturated heterocycles. The van der Waals surface area contributed by atoms with Gasteiger partial charge in [-0.05, 0) is 23.8 Å². The zero-order valence-corrected chi connectivity index (χ0v) is 11.4. The highest BCUT2D eigenvalue weighted by atomic mass is 35.5. The van der Waals surface area contributed by atoms with Gasteiger partial charge in [0.25, 0.3) is 5.91 Å². The van der Waals surface area contributed by atoms with Crippen LogP contribution in [0.4, 0.5) is 4.39 Å². The van der Waals surface area contributed by atoms with Gasteiger partial charge in [0.1, 0.15) is 16.7 Å². The number of hydrogen-bond donors (Lipinski definition) is 1. The normalized spacial score (nSPS) is 10.2. The van der Waals surface area contributed by atoms with Crippen molar-refractivity contribution in [3.8, 4) is 5.75 Å². The minimum absolute atomic E-state index is 0.0141. The summed E-state index contributed by atoms with van der Waals surface area (Å²) < 4.78 is 18.1. The third-order valence-corrected chi connectivity index (χ3v) is 2.96. The first kappa shape index (κ1) is 14.3. The number of ether oxygens (including phenoxy) is 1. The Morgan fingerprint density at radius 3 is 2.75 bits per heavy atom. The molecule has 1 amide bonds. The van der Waals surface area contributed by atoms with Crippen LogP contribution in [-0.2, 0) is 6.54 Å².